The molecule has 0 fully saturated rings. The lowest BCUT2D eigenvalue weighted by molar-refractivity contribution is 0.102. The van der Waals surface area contributed by atoms with Crippen LogP contribution in [-0.2, 0) is 0 Å². The second kappa shape index (κ2) is 5.63. The average molecular weight is 277 g/mol. The van der Waals surface area contributed by atoms with Crippen LogP contribution in [0.15, 0.2) is 42.5 Å². The zero-order chi connectivity index (χ0) is 13.8. The van der Waals surface area contributed by atoms with Crippen LogP contribution in [0, 0.1) is 0 Å². The molecule has 5 heteroatoms. The lowest BCUT2D eigenvalue weighted by atomic mass is 10.2. The van der Waals surface area contributed by atoms with Gasteiger partial charge in [-0.1, -0.05) is 11.6 Å². The van der Waals surface area contributed by atoms with Crippen molar-refractivity contribution in [3.05, 3.63) is 53.1 Å². The summed E-state index contributed by atoms with van der Waals surface area (Å²) in [5.41, 5.74) is 7.33. The van der Waals surface area contributed by atoms with Crippen molar-refractivity contribution in [2.24, 2.45) is 0 Å². The van der Waals surface area contributed by atoms with Crippen molar-refractivity contribution < 1.29 is 9.53 Å². The fourth-order valence-electron chi connectivity index (χ4n) is 1.58. The number of nitrogen functional groups attached to an aromatic ring is 1. The monoisotopic (exact) mass is 276 g/mol. The Hall–Kier alpha value is -2.20. The van der Waals surface area contributed by atoms with E-state index in [1.54, 1.807) is 49.6 Å². The van der Waals surface area contributed by atoms with E-state index in [-0.39, 0.29) is 5.91 Å². The summed E-state index contributed by atoms with van der Waals surface area (Å²) in [6, 6.07) is 11.7. The second-order valence-electron chi connectivity index (χ2n) is 3.91. The molecule has 0 aliphatic carbocycles. The van der Waals surface area contributed by atoms with Gasteiger partial charge in [-0.05, 0) is 36.4 Å². The Kier molecular flexibility index (Phi) is 3.92. The molecule has 4 nitrogen and oxygen atoms in total. The summed E-state index contributed by atoms with van der Waals surface area (Å²) in [5, 5.41) is 3.32. The van der Waals surface area contributed by atoms with Gasteiger partial charge in [0, 0.05) is 16.7 Å². The van der Waals surface area contributed by atoms with Crippen LogP contribution in [0.4, 0.5) is 11.4 Å². The van der Waals surface area contributed by atoms with Crippen molar-refractivity contribution in [3.8, 4) is 5.75 Å². The number of rotatable bonds is 3. The summed E-state index contributed by atoms with van der Waals surface area (Å²) in [5.74, 6) is 0.399. The number of carbonyl (C=O) groups excluding carboxylic acids is 1. The van der Waals surface area contributed by atoms with Gasteiger partial charge in [-0.15, -0.1) is 0 Å². The topological polar surface area (TPSA) is 64.3 Å². The van der Waals surface area contributed by atoms with Crippen LogP contribution in [-0.4, -0.2) is 13.0 Å². The highest BCUT2D eigenvalue weighted by Gasteiger charge is 2.08. The van der Waals surface area contributed by atoms with E-state index in [2.05, 4.69) is 5.32 Å². The number of nitrogens with one attached hydrogen (secondary N) is 1. The van der Waals surface area contributed by atoms with Gasteiger partial charge in [0.2, 0.25) is 0 Å². The highest BCUT2D eigenvalue weighted by atomic mass is 35.5. The SMILES string of the molecule is COc1ccc(NC(=O)c2ccc(Cl)cc2)c(N)c1. The summed E-state index contributed by atoms with van der Waals surface area (Å²) in [6.07, 6.45) is 0. The van der Waals surface area contributed by atoms with Crippen LogP contribution in [0.2, 0.25) is 5.02 Å². The molecule has 98 valence electrons. The van der Waals surface area contributed by atoms with Gasteiger partial charge in [-0.3, -0.25) is 4.79 Å². The zero-order valence-corrected chi connectivity index (χ0v) is 11.1. The Labute approximate surface area is 116 Å². The quantitative estimate of drug-likeness (QED) is 0.846. The Morgan fingerprint density at radius 1 is 1.21 bits per heavy atom. The molecule has 0 heterocycles. The maximum absolute atomic E-state index is 12.0. The average Bonchev–Trinajstić information content (AvgIpc) is 2.41. The maximum Gasteiger partial charge on any atom is 0.255 e. The van der Waals surface area contributed by atoms with Crippen LogP contribution in [0.1, 0.15) is 10.4 Å². The van der Waals surface area contributed by atoms with E-state index in [1.165, 1.54) is 0 Å². The number of hydrogen-bond donors (Lipinski definition) is 2. The molecule has 2 aromatic carbocycles. The van der Waals surface area contributed by atoms with E-state index in [4.69, 9.17) is 22.1 Å². The summed E-state index contributed by atoms with van der Waals surface area (Å²) in [6.45, 7) is 0. The Morgan fingerprint density at radius 2 is 1.89 bits per heavy atom. The van der Waals surface area contributed by atoms with E-state index >= 15 is 0 Å². The molecule has 2 rings (SSSR count). The molecular weight excluding hydrogens is 264 g/mol. The number of halogens is 1. The Morgan fingerprint density at radius 3 is 2.47 bits per heavy atom. The molecule has 0 saturated carbocycles. The molecular formula is C14H13ClN2O2. The number of ether oxygens (including phenoxy) is 1. The molecule has 0 radical (unpaired) electrons. The van der Waals surface area contributed by atoms with E-state index in [1.807, 2.05) is 0 Å². The molecule has 0 aromatic heterocycles. The minimum absolute atomic E-state index is 0.242. The van der Waals surface area contributed by atoms with Gasteiger partial charge in [-0.25, -0.2) is 0 Å². The lowest BCUT2D eigenvalue weighted by Crippen LogP contribution is -2.13. The van der Waals surface area contributed by atoms with E-state index < -0.39 is 0 Å². The van der Waals surface area contributed by atoms with Crippen LogP contribution in [0.5, 0.6) is 5.75 Å². The van der Waals surface area contributed by atoms with Crippen molar-refractivity contribution in [3.63, 3.8) is 0 Å². The van der Waals surface area contributed by atoms with Gasteiger partial charge in [0.05, 0.1) is 18.5 Å². The van der Waals surface area contributed by atoms with Gasteiger partial charge in [-0.2, -0.15) is 0 Å². The standard InChI is InChI=1S/C14H13ClN2O2/c1-19-11-6-7-13(12(16)8-11)17-14(18)9-2-4-10(15)5-3-9/h2-8H,16H2,1H3,(H,17,18). The van der Waals surface area contributed by atoms with E-state index in [0.29, 0.717) is 27.7 Å². The molecule has 0 spiro atoms. The maximum atomic E-state index is 12.0. The first kappa shape index (κ1) is 13.2. The normalized spacial score (nSPS) is 10.0. The number of carbonyl (C=O) groups is 1. The summed E-state index contributed by atoms with van der Waals surface area (Å²) in [4.78, 5) is 12.0. The molecule has 19 heavy (non-hydrogen) atoms. The fourth-order valence-corrected chi connectivity index (χ4v) is 1.70. The smallest absolute Gasteiger partial charge is 0.255 e. The van der Waals surface area contributed by atoms with E-state index in [0.717, 1.165) is 0 Å². The highest BCUT2D eigenvalue weighted by Crippen LogP contribution is 2.24. The molecule has 0 atom stereocenters. The molecule has 0 aliphatic heterocycles. The van der Waals surface area contributed by atoms with Gasteiger partial charge in [0.25, 0.3) is 5.91 Å². The summed E-state index contributed by atoms with van der Waals surface area (Å²) in [7, 11) is 1.56. The van der Waals surface area contributed by atoms with Crippen LogP contribution in [0.25, 0.3) is 0 Å². The van der Waals surface area contributed by atoms with Crippen molar-refractivity contribution in [1.82, 2.24) is 0 Å². The van der Waals surface area contributed by atoms with Gasteiger partial charge in [0.15, 0.2) is 0 Å². The summed E-state index contributed by atoms with van der Waals surface area (Å²) < 4.78 is 5.05. The highest BCUT2D eigenvalue weighted by molar-refractivity contribution is 6.30. The predicted molar refractivity (Wildman–Crippen MR) is 76.8 cm³/mol. The number of methoxy groups -OCH3 is 1. The van der Waals surface area contributed by atoms with Crippen LogP contribution >= 0.6 is 11.6 Å². The number of benzene rings is 2. The van der Waals surface area contributed by atoms with Gasteiger partial charge < -0.3 is 15.8 Å². The Bertz CT molecular complexity index is 597. The first-order valence-corrected chi connectivity index (χ1v) is 5.98. The van der Waals surface area contributed by atoms with E-state index in [9.17, 15) is 4.79 Å². The van der Waals surface area contributed by atoms with Crippen LogP contribution in [0.3, 0.4) is 0 Å². The van der Waals surface area contributed by atoms with Crippen molar-refractivity contribution in [2.45, 2.75) is 0 Å². The molecule has 0 aliphatic rings. The molecule has 0 saturated heterocycles. The van der Waals surface area contributed by atoms with Crippen LogP contribution < -0.4 is 15.8 Å². The van der Waals surface area contributed by atoms with Crippen molar-refractivity contribution >= 4 is 28.9 Å². The zero-order valence-electron chi connectivity index (χ0n) is 10.3. The largest absolute Gasteiger partial charge is 0.497 e. The number of anilines is 2. The number of amides is 1. The minimum Gasteiger partial charge on any atom is -0.497 e. The van der Waals surface area contributed by atoms with Crippen molar-refractivity contribution in [2.75, 3.05) is 18.2 Å². The Balaban J connectivity index is 2.17. The third kappa shape index (κ3) is 3.17. The molecule has 1 amide bonds. The fraction of sp³-hybridized carbons (Fsp3) is 0.0714. The molecule has 2 aromatic rings. The number of nitrogens with two attached hydrogens (primary N) is 1. The van der Waals surface area contributed by atoms with Gasteiger partial charge in [0.1, 0.15) is 5.75 Å². The van der Waals surface area contributed by atoms with Gasteiger partial charge >= 0.3 is 0 Å². The first-order chi connectivity index (χ1) is 9.10. The third-order valence-electron chi connectivity index (χ3n) is 2.61. The van der Waals surface area contributed by atoms with Crippen molar-refractivity contribution in [1.29, 1.82) is 0 Å². The lowest BCUT2D eigenvalue weighted by Gasteiger charge is -2.09. The predicted octanol–water partition coefficient (Wildman–Crippen LogP) is 3.18. The third-order valence-corrected chi connectivity index (χ3v) is 2.87. The molecule has 0 unspecified atom stereocenters. The summed E-state index contributed by atoms with van der Waals surface area (Å²) >= 11 is 5.77. The minimum atomic E-state index is -0.242. The first-order valence-electron chi connectivity index (χ1n) is 5.60. The molecule has 0 bridgehead atoms. The molecule has 3 N–H and O–H groups in total. The second-order valence-corrected chi connectivity index (χ2v) is 4.35. The number of hydrogen-bond acceptors (Lipinski definition) is 3.